The second kappa shape index (κ2) is 6.55. The average molecular weight is 265 g/mol. The largest absolute Gasteiger partial charge is 0.303 e. The molecule has 110 valence electrons. The third-order valence-electron chi connectivity index (χ3n) is 5.45. The van der Waals surface area contributed by atoms with Gasteiger partial charge in [-0.3, -0.25) is 4.90 Å². The van der Waals surface area contributed by atoms with Crippen molar-refractivity contribution < 1.29 is 0 Å². The Balaban J connectivity index is 1.51. The van der Waals surface area contributed by atoms with Crippen molar-refractivity contribution in [3.05, 3.63) is 0 Å². The maximum atomic E-state index is 2.79. The quantitative estimate of drug-likeness (QED) is 0.771. The van der Waals surface area contributed by atoms with E-state index >= 15 is 0 Å². The predicted molar refractivity (Wildman–Crippen MR) is 80.5 cm³/mol. The summed E-state index contributed by atoms with van der Waals surface area (Å²) in [5, 5.41) is 0. The van der Waals surface area contributed by atoms with Crippen LogP contribution in [0.15, 0.2) is 0 Å². The monoisotopic (exact) mass is 265 g/mol. The van der Waals surface area contributed by atoms with Gasteiger partial charge >= 0.3 is 0 Å². The van der Waals surface area contributed by atoms with Crippen LogP contribution in [-0.2, 0) is 0 Å². The van der Waals surface area contributed by atoms with E-state index in [4.69, 9.17) is 0 Å². The molecular formula is C16H31N3. The molecule has 0 unspecified atom stereocenters. The summed E-state index contributed by atoms with van der Waals surface area (Å²) in [7, 11) is 0. The van der Waals surface area contributed by atoms with E-state index in [1.165, 1.54) is 84.5 Å². The molecule has 0 aromatic rings. The lowest BCUT2D eigenvalue weighted by Gasteiger charge is -2.35. The highest BCUT2D eigenvalue weighted by molar-refractivity contribution is 4.86. The Morgan fingerprint density at radius 1 is 0.842 bits per heavy atom. The van der Waals surface area contributed by atoms with Crippen molar-refractivity contribution in [3.8, 4) is 0 Å². The normalized spacial score (nSPS) is 35.2. The first kappa shape index (κ1) is 13.8. The van der Waals surface area contributed by atoms with E-state index in [1.54, 1.807) is 0 Å². The number of likely N-dealkylation sites (tertiary alicyclic amines) is 1. The van der Waals surface area contributed by atoms with E-state index in [0.29, 0.717) is 0 Å². The van der Waals surface area contributed by atoms with E-state index in [2.05, 4.69) is 21.6 Å². The first-order chi connectivity index (χ1) is 9.35. The van der Waals surface area contributed by atoms with Crippen LogP contribution in [0.1, 0.15) is 39.0 Å². The van der Waals surface area contributed by atoms with Crippen molar-refractivity contribution in [1.29, 1.82) is 0 Å². The van der Waals surface area contributed by atoms with Crippen LogP contribution in [0.2, 0.25) is 0 Å². The molecule has 0 saturated carbocycles. The molecule has 0 aromatic heterocycles. The molecule has 0 aromatic carbocycles. The molecule has 2 atom stereocenters. The van der Waals surface area contributed by atoms with Gasteiger partial charge in [-0.1, -0.05) is 6.92 Å². The summed E-state index contributed by atoms with van der Waals surface area (Å²) < 4.78 is 0. The highest BCUT2D eigenvalue weighted by Gasteiger charge is 2.30. The molecule has 3 heteroatoms. The van der Waals surface area contributed by atoms with Gasteiger partial charge in [0, 0.05) is 25.7 Å². The number of piperidine rings is 1. The van der Waals surface area contributed by atoms with Gasteiger partial charge in [-0.2, -0.15) is 0 Å². The third-order valence-corrected chi connectivity index (χ3v) is 5.45. The Hall–Kier alpha value is -0.120. The van der Waals surface area contributed by atoms with Crippen molar-refractivity contribution in [2.24, 2.45) is 5.92 Å². The zero-order valence-corrected chi connectivity index (χ0v) is 12.7. The molecule has 3 saturated heterocycles. The molecule has 3 aliphatic heterocycles. The van der Waals surface area contributed by atoms with Crippen molar-refractivity contribution in [2.45, 2.75) is 45.1 Å². The molecule has 3 nitrogen and oxygen atoms in total. The molecule has 0 N–H and O–H groups in total. The molecule has 0 spiro atoms. The van der Waals surface area contributed by atoms with Crippen molar-refractivity contribution in [3.63, 3.8) is 0 Å². The van der Waals surface area contributed by atoms with Crippen LogP contribution in [0.5, 0.6) is 0 Å². The molecule has 19 heavy (non-hydrogen) atoms. The Kier molecular flexibility index (Phi) is 4.78. The summed E-state index contributed by atoms with van der Waals surface area (Å²) in [6.45, 7) is 13.0. The van der Waals surface area contributed by atoms with Crippen LogP contribution in [0.4, 0.5) is 0 Å². The standard InChI is InChI=1S/C16H31N3/c1-2-17-8-3-6-15(12-17)13-18-9-5-11-19-10-4-7-16(19)14-18/h15-16H,2-14H2,1H3/t15-,16-/m0/s1. The zero-order valence-electron chi connectivity index (χ0n) is 12.7. The highest BCUT2D eigenvalue weighted by atomic mass is 15.3. The summed E-state index contributed by atoms with van der Waals surface area (Å²) in [4.78, 5) is 8.19. The molecule has 0 amide bonds. The van der Waals surface area contributed by atoms with E-state index < -0.39 is 0 Å². The Bertz CT molecular complexity index is 281. The summed E-state index contributed by atoms with van der Waals surface area (Å²) >= 11 is 0. The molecule has 0 aliphatic carbocycles. The van der Waals surface area contributed by atoms with Crippen molar-refractivity contribution >= 4 is 0 Å². The molecule has 3 fully saturated rings. The van der Waals surface area contributed by atoms with Gasteiger partial charge in [-0.25, -0.2) is 0 Å². The number of rotatable bonds is 3. The van der Waals surface area contributed by atoms with Gasteiger partial charge in [0.1, 0.15) is 0 Å². The molecule has 3 heterocycles. The van der Waals surface area contributed by atoms with Crippen LogP contribution >= 0.6 is 0 Å². The van der Waals surface area contributed by atoms with Crippen LogP contribution in [-0.4, -0.2) is 73.1 Å². The highest BCUT2D eigenvalue weighted by Crippen LogP contribution is 2.23. The average Bonchev–Trinajstić information content (AvgIpc) is 2.78. The summed E-state index contributed by atoms with van der Waals surface area (Å²) in [5.41, 5.74) is 0. The van der Waals surface area contributed by atoms with Crippen molar-refractivity contribution in [1.82, 2.24) is 14.7 Å². The molecule has 3 rings (SSSR count). The first-order valence-corrected chi connectivity index (χ1v) is 8.54. The first-order valence-electron chi connectivity index (χ1n) is 8.54. The summed E-state index contributed by atoms with van der Waals surface area (Å²) in [6, 6.07) is 0.883. The Morgan fingerprint density at radius 2 is 1.63 bits per heavy atom. The van der Waals surface area contributed by atoms with E-state index in [0.717, 1.165) is 12.0 Å². The van der Waals surface area contributed by atoms with Crippen LogP contribution in [0.3, 0.4) is 0 Å². The number of hydrogen-bond acceptors (Lipinski definition) is 3. The van der Waals surface area contributed by atoms with E-state index in [9.17, 15) is 0 Å². The molecular weight excluding hydrogens is 234 g/mol. The van der Waals surface area contributed by atoms with Crippen LogP contribution < -0.4 is 0 Å². The second-order valence-corrected chi connectivity index (χ2v) is 6.85. The topological polar surface area (TPSA) is 9.72 Å². The fraction of sp³-hybridized carbons (Fsp3) is 1.00. The van der Waals surface area contributed by atoms with E-state index in [-0.39, 0.29) is 0 Å². The second-order valence-electron chi connectivity index (χ2n) is 6.85. The molecule has 0 radical (unpaired) electrons. The maximum absolute atomic E-state index is 2.79. The lowest BCUT2D eigenvalue weighted by molar-refractivity contribution is 0.131. The Morgan fingerprint density at radius 3 is 2.53 bits per heavy atom. The van der Waals surface area contributed by atoms with Gasteiger partial charge in [0.2, 0.25) is 0 Å². The number of nitrogens with zero attached hydrogens (tertiary/aromatic N) is 3. The lowest BCUT2D eigenvalue weighted by atomic mass is 9.97. The predicted octanol–water partition coefficient (Wildman–Crippen LogP) is 1.89. The molecule has 0 bridgehead atoms. The van der Waals surface area contributed by atoms with Crippen LogP contribution in [0.25, 0.3) is 0 Å². The smallest absolute Gasteiger partial charge is 0.0223 e. The Labute approximate surface area is 118 Å². The minimum atomic E-state index is 0.883. The van der Waals surface area contributed by atoms with Gasteiger partial charge < -0.3 is 9.80 Å². The van der Waals surface area contributed by atoms with Gasteiger partial charge in [0.25, 0.3) is 0 Å². The molecule has 3 aliphatic rings. The fourth-order valence-electron chi connectivity index (χ4n) is 4.40. The fourth-order valence-corrected chi connectivity index (χ4v) is 4.40. The van der Waals surface area contributed by atoms with Crippen molar-refractivity contribution in [2.75, 3.05) is 52.4 Å². The van der Waals surface area contributed by atoms with Gasteiger partial charge in [-0.05, 0) is 70.7 Å². The lowest BCUT2D eigenvalue weighted by Crippen LogP contribution is -2.43. The summed E-state index contributed by atoms with van der Waals surface area (Å²) in [6.07, 6.45) is 7.15. The minimum absolute atomic E-state index is 0.883. The van der Waals surface area contributed by atoms with Gasteiger partial charge in [0.05, 0.1) is 0 Å². The maximum Gasteiger partial charge on any atom is 0.0223 e. The number of fused-ring (bicyclic) bond motifs is 1. The number of hydrogen-bond donors (Lipinski definition) is 0. The zero-order chi connectivity index (χ0) is 13.1. The summed E-state index contributed by atoms with van der Waals surface area (Å²) in [5.74, 6) is 0.932. The van der Waals surface area contributed by atoms with Crippen LogP contribution in [0, 0.1) is 5.92 Å². The van der Waals surface area contributed by atoms with Gasteiger partial charge in [0.15, 0.2) is 0 Å². The minimum Gasteiger partial charge on any atom is -0.303 e. The third kappa shape index (κ3) is 3.50. The van der Waals surface area contributed by atoms with Gasteiger partial charge in [-0.15, -0.1) is 0 Å². The van der Waals surface area contributed by atoms with E-state index in [1.807, 2.05) is 0 Å². The SMILES string of the molecule is CCN1CCC[C@H](CN2CCCN3CCC[C@H]3C2)C1.